The summed E-state index contributed by atoms with van der Waals surface area (Å²) < 4.78 is 17.0. The number of rotatable bonds is 61. The number of ether oxygens (including phenoxy) is 3. The molecule has 0 aromatic rings. The van der Waals surface area contributed by atoms with Crippen LogP contribution in [-0.4, -0.2) is 37.2 Å². The first-order valence-electron chi connectivity index (χ1n) is 33.9. The maximum absolute atomic E-state index is 12.9. The van der Waals surface area contributed by atoms with Crippen molar-refractivity contribution >= 4 is 17.9 Å². The summed E-state index contributed by atoms with van der Waals surface area (Å²) in [5, 5.41) is 0. The zero-order valence-electron chi connectivity index (χ0n) is 52.6. The average Bonchev–Trinajstić information content (AvgIpc) is 3.46. The quantitative estimate of drug-likeness (QED) is 0.0261. The predicted molar refractivity (Wildman–Crippen MR) is 348 cm³/mol. The van der Waals surface area contributed by atoms with Gasteiger partial charge in [0.15, 0.2) is 6.10 Å². The van der Waals surface area contributed by atoms with Gasteiger partial charge in [-0.25, -0.2) is 0 Å². The van der Waals surface area contributed by atoms with Gasteiger partial charge >= 0.3 is 17.9 Å². The van der Waals surface area contributed by atoms with Crippen molar-refractivity contribution in [2.24, 2.45) is 0 Å². The maximum Gasteiger partial charge on any atom is 0.306 e. The van der Waals surface area contributed by atoms with E-state index in [0.29, 0.717) is 19.3 Å². The lowest BCUT2D eigenvalue weighted by Gasteiger charge is -2.18. The highest BCUT2D eigenvalue weighted by atomic mass is 16.6. The van der Waals surface area contributed by atoms with Gasteiger partial charge in [0.2, 0.25) is 0 Å². The Morgan fingerprint density at radius 1 is 0.263 bits per heavy atom. The highest BCUT2D eigenvalue weighted by Crippen LogP contribution is 2.16. The summed E-state index contributed by atoms with van der Waals surface area (Å²) in [6.07, 6.45) is 92.3. The molecule has 0 spiro atoms. The number of esters is 3. The molecule has 0 saturated carbocycles. The molecule has 0 fully saturated rings. The van der Waals surface area contributed by atoms with Crippen LogP contribution in [0.15, 0.2) is 109 Å². The van der Waals surface area contributed by atoms with Gasteiger partial charge in [0.25, 0.3) is 0 Å². The zero-order chi connectivity index (χ0) is 57.8. The Morgan fingerprint density at radius 2 is 0.487 bits per heavy atom. The Labute approximate surface area is 495 Å². The SMILES string of the molecule is CC/C=C\C/C=C\C/C=C\C/C=C\C/C=C\C/C=C\CCCCCCCCC(=O)OCC(COC(=O)CCCCCCC/C=C\CCCCCCCCC)OC(=O)CCCCCCCCCCC/C=C\C/C=C\CCCCCCC. The molecule has 0 aliphatic rings. The van der Waals surface area contributed by atoms with E-state index in [9.17, 15) is 14.4 Å². The minimum absolute atomic E-state index is 0.0887. The van der Waals surface area contributed by atoms with Crippen molar-refractivity contribution in [2.75, 3.05) is 13.2 Å². The van der Waals surface area contributed by atoms with E-state index < -0.39 is 6.10 Å². The number of allylic oxidation sites excluding steroid dienone is 18. The molecule has 80 heavy (non-hydrogen) atoms. The Kier molecular flexibility index (Phi) is 64.3. The zero-order valence-corrected chi connectivity index (χ0v) is 52.6. The number of carbonyl (C=O) groups excluding carboxylic acids is 3. The third-order valence-corrected chi connectivity index (χ3v) is 14.5. The molecule has 0 aromatic carbocycles. The lowest BCUT2D eigenvalue weighted by molar-refractivity contribution is -0.167. The smallest absolute Gasteiger partial charge is 0.306 e. The molecule has 0 bridgehead atoms. The average molecular weight is 1110 g/mol. The van der Waals surface area contributed by atoms with E-state index in [4.69, 9.17) is 14.2 Å². The number of unbranched alkanes of at least 4 members (excludes halogenated alkanes) is 32. The van der Waals surface area contributed by atoms with Crippen LogP contribution in [0.3, 0.4) is 0 Å². The van der Waals surface area contributed by atoms with Gasteiger partial charge in [0.05, 0.1) is 0 Å². The molecule has 0 rings (SSSR count). The first-order valence-corrected chi connectivity index (χ1v) is 33.9. The molecular formula is C74H126O6. The Hall–Kier alpha value is -3.93. The monoisotopic (exact) mass is 1110 g/mol. The molecule has 0 radical (unpaired) electrons. The highest BCUT2D eigenvalue weighted by Gasteiger charge is 2.19. The van der Waals surface area contributed by atoms with Crippen LogP contribution in [0.2, 0.25) is 0 Å². The Morgan fingerprint density at radius 3 is 0.775 bits per heavy atom. The Balaban J connectivity index is 4.42. The molecule has 0 amide bonds. The lowest BCUT2D eigenvalue weighted by atomic mass is 10.1. The van der Waals surface area contributed by atoms with Crippen LogP contribution in [0, 0.1) is 0 Å². The van der Waals surface area contributed by atoms with E-state index in [1.165, 1.54) is 161 Å². The van der Waals surface area contributed by atoms with Crippen LogP contribution < -0.4 is 0 Å². The molecule has 6 nitrogen and oxygen atoms in total. The summed E-state index contributed by atoms with van der Waals surface area (Å²) in [5.41, 5.74) is 0. The fraction of sp³-hybridized carbons (Fsp3) is 0.716. The molecule has 0 heterocycles. The van der Waals surface area contributed by atoms with Gasteiger partial charge in [-0.15, -0.1) is 0 Å². The van der Waals surface area contributed by atoms with E-state index in [-0.39, 0.29) is 31.1 Å². The van der Waals surface area contributed by atoms with E-state index in [2.05, 4.69) is 130 Å². The number of hydrogen-bond donors (Lipinski definition) is 0. The molecule has 1 atom stereocenters. The maximum atomic E-state index is 12.9. The normalized spacial score (nSPS) is 12.8. The third-order valence-electron chi connectivity index (χ3n) is 14.5. The van der Waals surface area contributed by atoms with Gasteiger partial charge in [-0.1, -0.05) is 284 Å². The van der Waals surface area contributed by atoms with Crippen molar-refractivity contribution in [2.45, 2.75) is 329 Å². The minimum Gasteiger partial charge on any atom is -0.462 e. The van der Waals surface area contributed by atoms with Gasteiger partial charge in [-0.3, -0.25) is 14.4 Å². The number of carbonyl (C=O) groups is 3. The van der Waals surface area contributed by atoms with Crippen molar-refractivity contribution in [3.63, 3.8) is 0 Å². The first kappa shape index (κ1) is 76.1. The lowest BCUT2D eigenvalue weighted by Crippen LogP contribution is -2.30. The second kappa shape index (κ2) is 67.6. The van der Waals surface area contributed by atoms with Crippen molar-refractivity contribution in [3.05, 3.63) is 109 Å². The second-order valence-electron chi connectivity index (χ2n) is 22.3. The third kappa shape index (κ3) is 64.9. The molecule has 0 aromatic heterocycles. The summed E-state index contributed by atoms with van der Waals surface area (Å²) in [5.74, 6) is -0.905. The van der Waals surface area contributed by atoms with Crippen molar-refractivity contribution in [3.8, 4) is 0 Å². The minimum atomic E-state index is -0.794. The van der Waals surface area contributed by atoms with E-state index in [0.717, 1.165) is 122 Å². The van der Waals surface area contributed by atoms with Crippen LogP contribution >= 0.6 is 0 Å². The van der Waals surface area contributed by atoms with Crippen molar-refractivity contribution in [1.82, 2.24) is 0 Å². The first-order chi connectivity index (χ1) is 39.5. The standard InChI is InChI=1S/C74H126O6/c1-4-7-10-13-16-19-22-25-28-31-33-35-36-37-38-40-41-43-46-49-52-55-58-61-64-67-73(76)79-70-71(69-78-72(75)66-63-60-57-54-51-48-45-30-27-24-21-18-15-12-9-6-3)80-74(77)68-65-62-59-56-53-50-47-44-42-39-34-32-29-26-23-20-17-14-11-8-5-2/h7,10,16,19,23,25-26,28,30,32-35,37-38,41,43,45,71H,4-6,8-9,11-15,17-18,20-22,24,27,29,31,36,39-40,42,44,46-70H2,1-3H3/b10-7-,19-16-,26-23-,28-25-,34-32-,35-33-,38-37-,43-41-,45-30-. The summed E-state index contributed by atoms with van der Waals surface area (Å²) in [4.78, 5) is 38.4. The van der Waals surface area contributed by atoms with Crippen molar-refractivity contribution < 1.29 is 28.6 Å². The molecule has 0 aliphatic heterocycles. The van der Waals surface area contributed by atoms with E-state index in [1.807, 2.05) is 0 Å². The van der Waals surface area contributed by atoms with Gasteiger partial charge < -0.3 is 14.2 Å². The van der Waals surface area contributed by atoms with Crippen LogP contribution in [0.25, 0.3) is 0 Å². The van der Waals surface area contributed by atoms with E-state index >= 15 is 0 Å². The predicted octanol–water partition coefficient (Wildman–Crippen LogP) is 23.4. The fourth-order valence-electron chi connectivity index (χ4n) is 9.41. The van der Waals surface area contributed by atoms with Crippen LogP contribution in [0.5, 0.6) is 0 Å². The number of hydrogen-bond acceptors (Lipinski definition) is 6. The topological polar surface area (TPSA) is 78.9 Å². The largest absolute Gasteiger partial charge is 0.462 e. The van der Waals surface area contributed by atoms with Crippen molar-refractivity contribution in [1.29, 1.82) is 0 Å². The highest BCUT2D eigenvalue weighted by molar-refractivity contribution is 5.71. The van der Waals surface area contributed by atoms with Crippen LogP contribution in [0.1, 0.15) is 323 Å². The molecular weight excluding hydrogens is 985 g/mol. The summed E-state index contributed by atoms with van der Waals surface area (Å²) >= 11 is 0. The molecule has 0 aliphatic carbocycles. The molecule has 458 valence electrons. The molecule has 6 heteroatoms. The summed E-state index contributed by atoms with van der Waals surface area (Å²) in [7, 11) is 0. The molecule has 0 N–H and O–H groups in total. The fourth-order valence-corrected chi connectivity index (χ4v) is 9.41. The van der Waals surface area contributed by atoms with Crippen LogP contribution in [0.4, 0.5) is 0 Å². The van der Waals surface area contributed by atoms with Crippen LogP contribution in [-0.2, 0) is 28.6 Å². The van der Waals surface area contributed by atoms with E-state index in [1.54, 1.807) is 0 Å². The summed E-state index contributed by atoms with van der Waals surface area (Å²) in [6, 6.07) is 0. The van der Waals surface area contributed by atoms with Gasteiger partial charge in [-0.05, 0) is 128 Å². The van der Waals surface area contributed by atoms with Gasteiger partial charge in [0.1, 0.15) is 13.2 Å². The second-order valence-corrected chi connectivity index (χ2v) is 22.3. The Bertz CT molecular complexity index is 1610. The molecule has 0 saturated heterocycles. The van der Waals surface area contributed by atoms with Gasteiger partial charge in [0, 0.05) is 19.3 Å². The van der Waals surface area contributed by atoms with Gasteiger partial charge in [-0.2, -0.15) is 0 Å². The molecule has 1 unspecified atom stereocenters. The summed E-state index contributed by atoms with van der Waals surface area (Å²) in [6.45, 7) is 6.52.